The molecule has 0 spiro atoms. The summed E-state index contributed by atoms with van der Waals surface area (Å²) in [5.74, 6) is 0. The molecule has 0 aliphatic rings. The van der Waals surface area contributed by atoms with Crippen molar-refractivity contribution in [2.24, 2.45) is 5.73 Å². The third kappa shape index (κ3) is 1.80. The maximum absolute atomic E-state index is 13.2. The highest BCUT2D eigenvalue weighted by Gasteiger charge is 2.17. The molecule has 0 aliphatic heterocycles. The highest BCUT2D eigenvalue weighted by molar-refractivity contribution is 5.20. The maximum Gasteiger partial charge on any atom is 0.153 e. The van der Waals surface area contributed by atoms with Gasteiger partial charge in [-0.05, 0) is 5.56 Å². The van der Waals surface area contributed by atoms with Crippen LogP contribution in [0.4, 0.5) is 4.39 Å². The summed E-state index contributed by atoms with van der Waals surface area (Å²) >= 11 is 0. The van der Waals surface area contributed by atoms with E-state index < -0.39 is 12.2 Å². The summed E-state index contributed by atoms with van der Waals surface area (Å²) in [5.41, 5.74) is 5.66. The monoisotopic (exact) mass is 164 g/mol. The van der Waals surface area contributed by atoms with Crippen molar-refractivity contribution in [2.45, 2.75) is 12.2 Å². The van der Waals surface area contributed by atoms with Crippen LogP contribution in [0.1, 0.15) is 11.7 Å². The second kappa shape index (κ2) is 3.84. The van der Waals surface area contributed by atoms with Gasteiger partial charge >= 0.3 is 0 Å². The lowest BCUT2D eigenvalue weighted by Gasteiger charge is -2.08. The second-order valence-electron chi connectivity index (χ2n) is 2.47. The molecule has 0 fully saturated rings. The Labute approximate surface area is 70.4 Å². The number of hydrogen-bond donors (Lipinski definition) is 1. The van der Waals surface area contributed by atoms with Gasteiger partial charge in [0, 0.05) is 0 Å². The van der Waals surface area contributed by atoms with Crippen LogP contribution >= 0.6 is 0 Å². The molecule has 0 heterocycles. The van der Waals surface area contributed by atoms with E-state index in [0.29, 0.717) is 5.56 Å². The Bertz CT molecular complexity index is 278. The van der Waals surface area contributed by atoms with E-state index in [0.717, 1.165) is 0 Å². The molecule has 3 heteroatoms. The Morgan fingerprint density at radius 3 is 2.42 bits per heavy atom. The molecular formula is C9H9FN2. The quantitative estimate of drug-likeness (QED) is 0.720. The minimum absolute atomic E-state index is 0.451. The molecule has 0 amide bonds. The summed E-state index contributed by atoms with van der Waals surface area (Å²) in [7, 11) is 0. The summed E-state index contributed by atoms with van der Waals surface area (Å²) in [5, 5.41) is 8.35. The fourth-order valence-corrected chi connectivity index (χ4v) is 0.910. The molecule has 0 radical (unpaired) electrons. The molecule has 12 heavy (non-hydrogen) atoms. The average molecular weight is 164 g/mol. The molecule has 2 atom stereocenters. The average Bonchev–Trinajstić information content (AvgIpc) is 2.17. The number of nitrogens with zero attached hydrogens (tertiary/aromatic N) is 1. The van der Waals surface area contributed by atoms with Gasteiger partial charge in [0.25, 0.3) is 0 Å². The van der Waals surface area contributed by atoms with Gasteiger partial charge in [-0.3, -0.25) is 0 Å². The zero-order valence-electron chi connectivity index (χ0n) is 6.44. The van der Waals surface area contributed by atoms with Gasteiger partial charge in [0.2, 0.25) is 0 Å². The second-order valence-corrected chi connectivity index (χ2v) is 2.47. The van der Waals surface area contributed by atoms with E-state index in [2.05, 4.69) is 0 Å². The Hall–Kier alpha value is -1.40. The predicted octanol–water partition coefficient (Wildman–Crippen LogP) is 1.55. The number of rotatable bonds is 2. The van der Waals surface area contributed by atoms with E-state index in [-0.39, 0.29) is 0 Å². The van der Waals surface area contributed by atoms with Crippen molar-refractivity contribution in [1.82, 2.24) is 0 Å². The standard InChI is InChI=1S/C9H9FN2/c10-9(8(12)6-11)7-4-2-1-3-5-7/h1-5,8-9H,12H2. The van der Waals surface area contributed by atoms with Crippen LogP contribution in [0.2, 0.25) is 0 Å². The summed E-state index contributed by atoms with van der Waals surface area (Å²) < 4.78 is 13.2. The topological polar surface area (TPSA) is 49.8 Å². The van der Waals surface area contributed by atoms with Crippen molar-refractivity contribution in [2.75, 3.05) is 0 Å². The van der Waals surface area contributed by atoms with Crippen molar-refractivity contribution in [3.63, 3.8) is 0 Å². The van der Waals surface area contributed by atoms with Crippen LogP contribution in [0.5, 0.6) is 0 Å². The summed E-state index contributed by atoms with van der Waals surface area (Å²) in [6.07, 6.45) is -1.39. The molecule has 62 valence electrons. The van der Waals surface area contributed by atoms with E-state index in [1.54, 1.807) is 36.4 Å². The molecule has 0 bridgehead atoms. The first-order chi connectivity index (χ1) is 5.75. The number of alkyl halides is 1. The van der Waals surface area contributed by atoms with E-state index in [9.17, 15) is 4.39 Å². The van der Waals surface area contributed by atoms with Gasteiger partial charge in [-0.2, -0.15) is 5.26 Å². The first-order valence-corrected chi connectivity index (χ1v) is 3.60. The SMILES string of the molecule is N#CC(N)C(F)c1ccccc1. The highest BCUT2D eigenvalue weighted by atomic mass is 19.1. The summed E-state index contributed by atoms with van der Waals surface area (Å²) in [6, 6.07) is 9.03. The van der Waals surface area contributed by atoms with Gasteiger partial charge in [-0.1, -0.05) is 30.3 Å². The van der Waals surface area contributed by atoms with Crippen LogP contribution in [-0.4, -0.2) is 6.04 Å². The molecule has 1 rings (SSSR count). The zero-order chi connectivity index (χ0) is 8.97. The van der Waals surface area contributed by atoms with E-state index in [4.69, 9.17) is 11.0 Å². The van der Waals surface area contributed by atoms with Gasteiger partial charge in [0.05, 0.1) is 6.07 Å². The van der Waals surface area contributed by atoms with Crippen LogP contribution in [0.25, 0.3) is 0 Å². The molecule has 0 saturated heterocycles. The fourth-order valence-electron chi connectivity index (χ4n) is 0.910. The summed E-state index contributed by atoms with van der Waals surface area (Å²) in [6.45, 7) is 0. The maximum atomic E-state index is 13.2. The molecule has 0 saturated carbocycles. The lowest BCUT2D eigenvalue weighted by Crippen LogP contribution is -2.23. The molecule has 1 aromatic carbocycles. The minimum atomic E-state index is -1.39. The number of benzene rings is 1. The lowest BCUT2D eigenvalue weighted by molar-refractivity contribution is 0.320. The Balaban J connectivity index is 2.80. The molecule has 0 aromatic heterocycles. The number of nitrogens with two attached hydrogens (primary N) is 1. The highest BCUT2D eigenvalue weighted by Crippen LogP contribution is 2.18. The van der Waals surface area contributed by atoms with Gasteiger partial charge < -0.3 is 5.73 Å². The van der Waals surface area contributed by atoms with Crippen LogP contribution < -0.4 is 5.73 Å². The smallest absolute Gasteiger partial charge is 0.153 e. The van der Waals surface area contributed by atoms with Gasteiger partial charge in [0.15, 0.2) is 6.17 Å². The zero-order valence-corrected chi connectivity index (χ0v) is 6.44. The van der Waals surface area contributed by atoms with Gasteiger partial charge in [-0.25, -0.2) is 4.39 Å². The predicted molar refractivity (Wildman–Crippen MR) is 43.9 cm³/mol. The molecule has 1 aromatic rings. The van der Waals surface area contributed by atoms with E-state index in [1.807, 2.05) is 0 Å². The third-order valence-electron chi connectivity index (χ3n) is 1.58. The van der Waals surface area contributed by atoms with Gasteiger partial charge in [-0.15, -0.1) is 0 Å². The first kappa shape index (κ1) is 8.69. The van der Waals surface area contributed by atoms with Gasteiger partial charge in [0.1, 0.15) is 6.04 Å². The molecular weight excluding hydrogens is 155 g/mol. The molecule has 2 unspecified atom stereocenters. The van der Waals surface area contributed by atoms with Crippen LogP contribution in [0.3, 0.4) is 0 Å². The fraction of sp³-hybridized carbons (Fsp3) is 0.222. The third-order valence-corrected chi connectivity index (χ3v) is 1.58. The Kier molecular flexibility index (Phi) is 2.78. The normalized spacial score (nSPS) is 14.8. The lowest BCUT2D eigenvalue weighted by atomic mass is 10.1. The minimum Gasteiger partial charge on any atom is -0.313 e. The first-order valence-electron chi connectivity index (χ1n) is 3.60. The van der Waals surface area contributed by atoms with Crippen molar-refractivity contribution in [3.05, 3.63) is 35.9 Å². The van der Waals surface area contributed by atoms with E-state index >= 15 is 0 Å². The Morgan fingerprint density at radius 2 is 1.92 bits per heavy atom. The van der Waals surface area contributed by atoms with Crippen LogP contribution in [-0.2, 0) is 0 Å². The number of hydrogen-bond acceptors (Lipinski definition) is 2. The van der Waals surface area contributed by atoms with Crippen molar-refractivity contribution in [3.8, 4) is 6.07 Å². The van der Waals surface area contributed by atoms with E-state index in [1.165, 1.54) is 0 Å². The van der Waals surface area contributed by atoms with Crippen molar-refractivity contribution in [1.29, 1.82) is 5.26 Å². The molecule has 0 aliphatic carbocycles. The summed E-state index contributed by atoms with van der Waals surface area (Å²) in [4.78, 5) is 0. The molecule has 2 N–H and O–H groups in total. The number of halogens is 1. The largest absolute Gasteiger partial charge is 0.313 e. The van der Waals surface area contributed by atoms with Crippen molar-refractivity contribution >= 4 is 0 Å². The Morgan fingerprint density at radius 1 is 1.33 bits per heavy atom. The molecule has 2 nitrogen and oxygen atoms in total. The van der Waals surface area contributed by atoms with Crippen LogP contribution in [0, 0.1) is 11.3 Å². The number of nitriles is 1. The van der Waals surface area contributed by atoms with Crippen LogP contribution in [0.15, 0.2) is 30.3 Å². The van der Waals surface area contributed by atoms with Crippen molar-refractivity contribution < 1.29 is 4.39 Å².